The summed E-state index contributed by atoms with van der Waals surface area (Å²) in [6, 6.07) is 9.93. The highest BCUT2D eigenvalue weighted by Crippen LogP contribution is 2.33. The number of benzene rings is 1. The van der Waals surface area contributed by atoms with Gasteiger partial charge in [-0.05, 0) is 42.3 Å². The zero-order valence-corrected chi connectivity index (χ0v) is 12.8. The summed E-state index contributed by atoms with van der Waals surface area (Å²) in [5, 5.41) is 3.60. The molecule has 1 atom stereocenters. The lowest BCUT2D eigenvalue weighted by molar-refractivity contribution is 0.420. The Morgan fingerprint density at radius 3 is 2.21 bits per heavy atom. The zero-order chi connectivity index (χ0) is 13.7. The van der Waals surface area contributed by atoms with E-state index < -0.39 is 0 Å². The first-order valence-electron chi connectivity index (χ1n) is 8.05. The summed E-state index contributed by atoms with van der Waals surface area (Å²) in [5.41, 5.74) is 3.00. The minimum atomic E-state index is 0.491. The first-order chi connectivity index (χ1) is 9.22. The number of hydrogen-bond donors (Lipinski definition) is 1. The predicted molar refractivity (Wildman–Crippen MR) is 83.5 cm³/mol. The average molecular weight is 259 g/mol. The van der Waals surface area contributed by atoms with E-state index in [2.05, 4.69) is 50.4 Å². The van der Waals surface area contributed by atoms with Gasteiger partial charge in [-0.1, -0.05) is 64.3 Å². The summed E-state index contributed by atoms with van der Waals surface area (Å²) in [6.07, 6.45) is 7.04. The molecule has 1 nitrogen and oxygen atoms in total. The third-order valence-corrected chi connectivity index (χ3v) is 4.46. The molecule has 1 aliphatic rings. The van der Waals surface area contributed by atoms with Crippen LogP contribution in [-0.4, -0.2) is 6.54 Å². The molecular weight excluding hydrogens is 230 g/mol. The van der Waals surface area contributed by atoms with Gasteiger partial charge in [-0.3, -0.25) is 0 Å². The van der Waals surface area contributed by atoms with Crippen LogP contribution in [0.15, 0.2) is 24.3 Å². The van der Waals surface area contributed by atoms with E-state index in [4.69, 9.17) is 0 Å². The van der Waals surface area contributed by atoms with E-state index in [1.807, 2.05) is 0 Å². The van der Waals surface area contributed by atoms with Crippen LogP contribution in [0.5, 0.6) is 0 Å². The second kappa shape index (κ2) is 7.09. The summed E-state index contributed by atoms with van der Waals surface area (Å²) in [7, 11) is 0. The Kier molecular flexibility index (Phi) is 5.45. The molecule has 106 valence electrons. The van der Waals surface area contributed by atoms with E-state index in [1.54, 1.807) is 5.56 Å². The molecule has 0 saturated heterocycles. The van der Waals surface area contributed by atoms with Gasteiger partial charge in [0.05, 0.1) is 0 Å². The summed E-state index contributed by atoms with van der Waals surface area (Å²) < 4.78 is 0. The Bertz CT molecular complexity index is 360. The Labute approximate surface area is 118 Å². The smallest absolute Gasteiger partial charge is 0.0343 e. The molecule has 0 aliphatic heterocycles. The number of nitrogens with one attached hydrogen (secondary N) is 1. The quantitative estimate of drug-likeness (QED) is 0.781. The minimum absolute atomic E-state index is 0.491. The molecule has 2 rings (SSSR count). The molecule has 1 saturated carbocycles. The molecule has 1 N–H and O–H groups in total. The van der Waals surface area contributed by atoms with E-state index >= 15 is 0 Å². The molecule has 1 unspecified atom stereocenters. The maximum absolute atomic E-state index is 3.60. The molecular formula is C18H29N. The maximum Gasteiger partial charge on any atom is 0.0343 e. The summed E-state index contributed by atoms with van der Waals surface area (Å²) in [4.78, 5) is 0. The second-order valence-corrected chi connectivity index (χ2v) is 6.28. The van der Waals surface area contributed by atoms with Crippen LogP contribution < -0.4 is 5.32 Å². The van der Waals surface area contributed by atoms with Crippen molar-refractivity contribution in [2.75, 3.05) is 6.54 Å². The molecule has 0 spiro atoms. The second-order valence-electron chi connectivity index (χ2n) is 6.28. The lowest BCUT2D eigenvalue weighted by Crippen LogP contribution is -2.25. The topological polar surface area (TPSA) is 12.0 Å². The Hall–Kier alpha value is -0.820. The first kappa shape index (κ1) is 14.6. The van der Waals surface area contributed by atoms with Crippen molar-refractivity contribution in [1.29, 1.82) is 0 Å². The zero-order valence-electron chi connectivity index (χ0n) is 12.8. The fraction of sp³-hybridized carbons (Fsp3) is 0.667. The third-order valence-electron chi connectivity index (χ3n) is 4.46. The van der Waals surface area contributed by atoms with Crippen molar-refractivity contribution in [3.8, 4) is 0 Å². The van der Waals surface area contributed by atoms with E-state index in [0.717, 1.165) is 12.5 Å². The lowest BCUT2D eigenvalue weighted by Gasteiger charge is -2.25. The molecule has 0 amide bonds. The highest BCUT2D eigenvalue weighted by atomic mass is 14.9. The van der Waals surface area contributed by atoms with Crippen LogP contribution in [0, 0.1) is 5.92 Å². The van der Waals surface area contributed by atoms with Gasteiger partial charge in [0, 0.05) is 6.04 Å². The van der Waals surface area contributed by atoms with E-state index in [1.165, 1.54) is 37.7 Å². The van der Waals surface area contributed by atoms with Gasteiger partial charge in [0.15, 0.2) is 0 Å². The van der Waals surface area contributed by atoms with Crippen molar-refractivity contribution >= 4 is 0 Å². The molecule has 0 heterocycles. The monoisotopic (exact) mass is 259 g/mol. The predicted octanol–water partition coefficient (Wildman–Crippen LogP) is 5.04. The van der Waals surface area contributed by atoms with Crippen molar-refractivity contribution in [3.63, 3.8) is 0 Å². The van der Waals surface area contributed by atoms with E-state index in [0.29, 0.717) is 12.0 Å². The SMILES string of the molecule is CCNC(c1ccc(C2CCCCC2)cc1)C(C)C. The van der Waals surface area contributed by atoms with E-state index in [-0.39, 0.29) is 0 Å². The molecule has 0 bridgehead atoms. The fourth-order valence-electron chi connectivity index (χ4n) is 3.37. The van der Waals surface area contributed by atoms with Gasteiger partial charge in [0.25, 0.3) is 0 Å². The van der Waals surface area contributed by atoms with Crippen LogP contribution in [0.2, 0.25) is 0 Å². The molecule has 1 aliphatic carbocycles. The van der Waals surface area contributed by atoms with Gasteiger partial charge in [0.1, 0.15) is 0 Å². The van der Waals surface area contributed by atoms with Crippen LogP contribution in [0.1, 0.15) is 76.0 Å². The van der Waals surface area contributed by atoms with Gasteiger partial charge in [0.2, 0.25) is 0 Å². The van der Waals surface area contributed by atoms with Crippen LogP contribution in [0.3, 0.4) is 0 Å². The van der Waals surface area contributed by atoms with Crippen molar-refractivity contribution in [3.05, 3.63) is 35.4 Å². The first-order valence-corrected chi connectivity index (χ1v) is 8.05. The fourth-order valence-corrected chi connectivity index (χ4v) is 3.37. The Balaban J connectivity index is 2.07. The molecule has 0 aromatic heterocycles. The van der Waals surface area contributed by atoms with Crippen molar-refractivity contribution < 1.29 is 0 Å². The third kappa shape index (κ3) is 3.82. The number of rotatable bonds is 5. The van der Waals surface area contributed by atoms with Gasteiger partial charge < -0.3 is 5.32 Å². The normalized spacial score (nSPS) is 18.7. The molecule has 19 heavy (non-hydrogen) atoms. The molecule has 0 radical (unpaired) electrons. The van der Waals surface area contributed by atoms with Gasteiger partial charge >= 0.3 is 0 Å². The molecule has 1 aromatic rings. The largest absolute Gasteiger partial charge is 0.310 e. The van der Waals surface area contributed by atoms with Crippen LogP contribution >= 0.6 is 0 Å². The molecule has 1 fully saturated rings. The van der Waals surface area contributed by atoms with Crippen LogP contribution in [0.25, 0.3) is 0 Å². The van der Waals surface area contributed by atoms with Crippen molar-refractivity contribution in [2.24, 2.45) is 5.92 Å². The standard InChI is InChI=1S/C18H29N/c1-4-19-18(14(2)3)17-12-10-16(11-13-17)15-8-6-5-7-9-15/h10-15,18-19H,4-9H2,1-3H3. The highest BCUT2D eigenvalue weighted by molar-refractivity contribution is 5.28. The summed E-state index contributed by atoms with van der Waals surface area (Å²) in [5.74, 6) is 1.46. The summed E-state index contributed by atoms with van der Waals surface area (Å²) in [6.45, 7) is 7.81. The Morgan fingerprint density at radius 2 is 1.68 bits per heavy atom. The van der Waals surface area contributed by atoms with Crippen LogP contribution in [0.4, 0.5) is 0 Å². The lowest BCUT2D eigenvalue weighted by atomic mass is 9.83. The minimum Gasteiger partial charge on any atom is -0.310 e. The Morgan fingerprint density at radius 1 is 1.05 bits per heavy atom. The van der Waals surface area contributed by atoms with Gasteiger partial charge in [-0.2, -0.15) is 0 Å². The molecule has 1 aromatic carbocycles. The average Bonchev–Trinajstić information content (AvgIpc) is 2.46. The van der Waals surface area contributed by atoms with Gasteiger partial charge in [-0.15, -0.1) is 0 Å². The maximum atomic E-state index is 3.60. The van der Waals surface area contributed by atoms with Crippen molar-refractivity contribution in [2.45, 2.75) is 64.8 Å². The summed E-state index contributed by atoms with van der Waals surface area (Å²) >= 11 is 0. The number of hydrogen-bond acceptors (Lipinski definition) is 1. The van der Waals surface area contributed by atoms with Crippen LogP contribution in [-0.2, 0) is 0 Å². The van der Waals surface area contributed by atoms with E-state index in [9.17, 15) is 0 Å². The molecule has 1 heteroatoms. The van der Waals surface area contributed by atoms with Gasteiger partial charge in [-0.25, -0.2) is 0 Å². The highest BCUT2D eigenvalue weighted by Gasteiger charge is 2.17. The van der Waals surface area contributed by atoms with Crippen molar-refractivity contribution in [1.82, 2.24) is 5.32 Å².